The van der Waals surface area contributed by atoms with Crippen LogP contribution in [0.25, 0.3) is 10.9 Å². The smallest absolute Gasteiger partial charge is 0.272 e. The first-order chi connectivity index (χ1) is 16.7. The second-order valence-electron chi connectivity index (χ2n) is 9.73. The highest BCUT2D eigenvalue weighted by Gasteiger charge is 2.59. The third-order valence-corrected chi connectivity index (χ3v) is 7.98. The summed E-state index contributed by atoms with van der Waals surface area (Å²) in [5.74, 6) is -2.47. The van der Waals surface area contributed by atoms with Crippen molar-refractivity contribution in [3.8, 4) is 0 Å². The van der Waals surface area contributed by atoms with Crippen molar-refractivity contribution in [2.45, 2.75) is 37.3 Å². The van der Waals surface area contributed by atoms with Gasteiger partial charge in [0.05, 0.1) is 34.7 Å². The number of benzene rings is 1. The molecule has 1 aliphatic carbocycles. The molecule has 1 aromatic carbocycles. The summed E-state index contributed by atoms with van der Waals surface area (Å²) in [7, 11) is 0. The summed E-state index contributed by atoms with van der Waals surface area (Å²) < 4.78 is 33.6. The lowest BCUT2D eigenvalue weighted by atomic mass is 9.98. The third-order valence-electron chi connectivity index (χ3n) is 7.30. The topological polar surface area (TPSA) is 71.3 Å². The Morgan fingerprint density at radius 3 is 2.60 bits per heavy atom. The van der Waals surface area contributed by atoms with Crippen LogP contribution in [0.15, 0.2) is 24.5 Å². The van der Waals surface area contributed by atoms with Gasteiger partial charge in [-0.1, -0.05) is 23.2 Å². The maximum atomic E-state index is 13.4. The highest BCUT2D eigenvalue weighted by molar-refractivity contribution is 6.34. The maximum Gasteiger partial charge on any atom is 0.272 e. The molecule has 1 saturated carbocycles. The number of hydrogen-bond donors (Lipinski definition) is 1. The van der Waals surface area contributed by atoms with Gasteiger partial charge in [-0.2, -0.15) is 5.10 Å². The molecule has 2 aromatic heterocycles. The molecule has 186 valence electrons. The molecular weight excluding hydrogens is 499 g/mol. The number of alkyl halides is 2. The molecule has 0 spiro atoms. The molecule has 12 heteroatoms. The highest BCUT2D eigenvalue weighted by atomic mass is 35.5. The van der Waals surface area contributed by atoms with Crippen molar-refractivity contribution in [3.05, 3.63) is 34.7 Å². The molecule has 2 atom stereocenters. The van der Waals surface area contributed by atoms with E-state index in [4.69, 9.17) is 27.9 Å². The molecule has 3 aliphatic rings. The lowest BCUT2D eigenvalue weighted by molar-refractivity contribution is 0.0745. The van der Waals surface area contributed by atoms with E-state index in [-0.39, 0.29) is 17.1 Å². The molecule has 6 rings (SSSR count). The molecule has 0 radical (unpaired) electrons. The summed E-state index contributed by atoms with van der Waals surface area (Å²) in [6.07, 6.45) is 3.88. The van der Waals surface area contributed by atoms with Crippen molar-refractivity contribution in [2.75, 3.05) is 49.6 Å². The van der Waals surface area contributed by atoms with E-state index in [1.165, 1.54) is 6.20 Å². The Kier molecular flexibility index (Phi) is 5.55. The minimum atomic E-state index is -2.77. The van der Waals surface area contributed by atoms with Gasteiger partial charge in [0, 0.05) is 56.3 Å². The number of hydrogen-bond acceptors (Lipinski definition) is 7. The summed E-state index contributed by atoms with van der Waals surface area (Å²) in [5, 5.41) is 8.57. The van der Waals surface area contributed by atoms with Crippen LogP contribution in [-0.4, -0.2) is 75.5 Å². The zero-order valence-corrected chi connectivity index (χ0v) is 20.7. The number of halogens is 4. The quantitative estimate of drug-likeness (QED) is 0.516. The number of nitrogens with zero attached hydrogens (tertiary/aromatic N) is 6. The van der Waals surface area contributed by atoms with Crippen LogP contribution in [0.4, 0.5) is 26.1 Å². The summed E-state index contributed by atoms with van der Waals surface area (Å²) in [5.41, 5.74) is 2.14. The Morgan fingerprint density at radius 2 is 1.91 bits per heavy atom. The van der Waals surface area contributed by atoms with Gasteiger partial charge >= 0.3 is 0 Å². The van der Waals surface area contributed by atoms with Crippen LogP contribution in [-0.2, 0) is 4.74 Å². The van der Waals surface area contributed by atoms with Gasteiger partial charge in [0.15, 0.2) is 5.15 Å². The van der Waals surface area contributed by atoms with Crippen molar-refractivity contribution in [1.29, 1.82) is 0 Å². The van der Waals surface area contributed by atoms with E-state index in [1.807, 2.05) is 12.1 Å². The first-order valence-electron chi connectivity index (χ1n) is 11.7. The SMILES string of the molecule is CC1(N2CCN(c3cc4nc(Nc5cnn(C6CC6(F)F)c5Cl)ncc4cc3Cl)CC2)CCOC1. The number of nitrogens with one attached hydrogen (secondary N) is 1. The van der Waals surface area contributed by atoms with Gasteiger partial charge < -0.3 is 15.0 Å². The molecule has 0 bridgehead atoms. The Morgan fingerprint density at radius 1 is 1.14 bits per heavy atom. The fourth-order valence-electron chi connectivity index (χ4n) is 4.97. The minimum absolute atomic E-state index is 0.104. The lowest BCUT2D eigenvalue weighted by Gasteiger charge is -2.44. The highest BCUT2D eigenvalue weighted by Crippen LogP contribution is 2.53. The van der Waals surface area contributed by atoms with Gasteiger partial charge in [-0.25, -0.2) is 23.4 Å². The minimum Gasteiger partial charge on any atom is -0.379 e. The number of ether oxygens (including phenoxy) is 1. The number of fused-ring (bicyclic) bond motifs is 1. The number of piperazine rings is 1. The molecule has 3 fully saturated rings. The van der Waals surface area contributed by atoms with Gasteiger partial charge in [0.25, 0.3) is 5.92 Å². The molecule has 8 nitrogen and oxygen atoms in total. The van der Waals surface area contributed by atoms with Crippen LogP contribution >= 0.6 is 23.2 Å². The van der Waals surface area contributed by atoms with E-state index in [1.54, 1.807) is 6.20 Å². The summed E-state index contributed by atoms with van der Waals surface area (Å²) >= 11 is 12.9. The van der Waals surface area contributed by atoms with Crippen molar-refractivity contribution in [3.63, 3.8) is 0 Å². The standard InChI is InChI=1S/C23H25Cl2F2N7O/c1-22(2-7-35-13-22)33-5-3-32(4-6-33)18-9-16-14(8-15(18)24)11-28-21(30-16)31-17-12-29-34(20(17)25)19-10-23(19,26)27/h8-9,11-12,19H,2-7,10,13H2,1H3,(H,28,30,31). The van der Waals surface area contributed by atoms with Crippen LogP contribution in [0.2, 0.25) is 10.2 Å². The van der Waals surface area contributed by atoms with Crippen LogP contribution < -0.4 is 10.2 Å². The molecule has 35 heavy (non-hydrogen) atoms. The van der Waals surface area contributed by atoms with E-state index < -0.39 is 12.0 Å². The van der Waals surface area contributed by atoms with Gasteiger partial charge in [0.1, 0.15) is 6.04 Å². The van der Waals surface area contributed by atoms with Gasteiger partial charge in [-0.3, -0.25) is 4.90 Å². The fraction of sp³-hybridized carbons (Fsp3) is 0.522. The summed E-state index contributed by atoms with van der Waals surface area (Å²) in [6.45, 7) is 7.47. The normalized spacial score (nSPS) is 26.4. The molecule has 3 aromatic rings. The summed E-state index contributed by atoms with van der Waals surface area (Å²) in [6, 6.07) is 2.84. The molecule has 2 unspecified atom stereocenters. The number of anilines is 3. The predicted molar refractivity (Wildman–Crippen MR) is 131 cm³/mol. The van der Waals surface area contributed by atoms with Crippen LogP contribution in [0.3, 0.4) is 0 Å². The number of rotatable bonds is 5. The van der Waals surface area contributed by atoms with E-state index in [0.717, 1.165) is 67.1 Å². The number of aromatic nitrogens is 4. The van der Waals surface area contributed by atoms with Crippen LogP contribution in [0, 0.1) is 0 Å². The largest absolute Gasteiger partial charge is 0.379 e. The second kappa shape index (κ2) is 8.40. The van der Waals surface area contributed by atoms with Gasteiger partial charge in [-0.05, 0) is 25.5 Å². The van der Waals surface area contributed by atoms with Crippen molar-refractivity contribution < 1.29 is 13.5 Å². The van der Waals surface area contributed by atoms with Crippen molar-refractivity contribution in [2.24, 2.45) is 0 Å². The van der Waals surface area contributed by atoms with E-state index in [9.17, 15) is 8.78 Å². The van der Waals surface area contributed by atoms with Gasteiger partial charge in [-0.15, -0.1) is 0 Å². The lowest BCUT2D eigenvalue weighted by Crippen LogP contribution is -2.56. The Balaban J connectivity index is 1.20. The van der Waals surface area contributed by atoms with Crippen molar-refractivity contribution in [1.82, 2.24) is 24.6 Å². The van der Waals surface area contributed by atoms with E-state index in [2.05, 4.69) is 37.1 Å². The summed E-state index contributed by atoms with van der Waals surface area (Å²) in [4.78, 5) is 13.7. The first kappa shape index (κ1) is 23.1. The average Bonchev–Trinajstić information content (AvgIpc) is 3.12. The molecule has 1 N–H and O–H groups in total. The zero-order chi connectivity index (χ0) is 24.4. The second-order valence-corrected chi connectivity index (χ2v) is 10.5. The Labute approximate surface area is 211 Å². The van der Waals surface area contributed by atoms with Crippen LogP contribution in [0.1, 0.15) is 25.8 Å². The zero-order valence-electron chi connectivity index (χ0n) is 19.1. The maximum absolute atomic E-state index is 13.4. The van der Waals surface area contributed by atoms with E-state index in [0.29, 0.717) is 16.7 Å². The predicted octanol–water partition coefficient (Wildman–Crippen LogP) is 4.76. The molecule has 4 heterocycles. The molecular formula is C23H25Cl2F2N7O. The Bertz CT molecular complexity index is 1270. The first-order valence-corrected chi connectivity index (χ1v) is 12.4. The molecule has 0 amide bonds. The molecule has 2 saturated heterocycles. The third kappa shape index (κ3) is 4.20. The Hall–Kier alpha value is -2.27. The van der Waals surface area contributed by atoms with E-state index >= 15 is 0 Å². The average molecular weight is 524 g/mol. The fourth-order valence-corrected chi connectivity index (χ4v) is 5.52. The van der Waals surface area contributed by atoms with Crippen molar-refractivity contribution >= 4 is 51.4 Å². The monoisotopic (exact) mass is 523 g/mol. The molecule has 2 aliphatic heterocycles. The van der Waals surface area contributed by atoms with Gasteiger partial charge in [0.2, 0.25) is 5.95 Å². The van der Waals surface area contributed by atoms with Crippen LogP contribution in [0.5, 0.6) is 0 Å².